The minimum absolute atomic E-state index is 0.0666. The molecule has 4 aliphatic rings. The number of nitrogens with zero attached hydrogens (tertiary/aromatic N) is 4. The van der Waals surface area contributed by atoms with Gasteiger partial charge in [-0.05, 0) is 38.2 Å². The first-order chi connectivity index (χ1) is 22.6. The van der Waals surface area contributed by atoms with Gasteiger partial charge in [0.1, 0.15) is 34.9 Å². The zero-order valence-corrected chi connectivity index (χ0v) is 28.6. The number of thiazole rings is 1. The molecule has 6 bridgehead atoms. The van der Waals surface area contributed by atoms with Gasteiger partial charge in [0.15, 0.2) is 6.04 Å². The summed E-state index contributed by atoms with van der Waals surface area (Å²) in [6, 6.07) is 5.96. The molecule has 4 amide bonds. The van der Waals surface area contributed by atoms with Crippen LogP contribution in [0.25, 0.3) is 0 Å². The van der Waals surface area contributed by atoms with Crippen molar-refractivity contribution in [3.05, 3.63) is 52.0 Å². The summed E-state index contributed by atoms with van der Waals surface area (Å²) in [5, 5.41) is 12.0. The van der Waals surface area contributed by atoms with Crippen molar-refractivity contribution >= 4 is 57.7 Å². The van der Waals surface area contributed by atoms with E-state index in [1.54, 1.807) is 10.3 Å². The molecule has 1 aromatic carbocycles. The molecule has 4 aliphatic heterocycles. The SMILES string of the molecule is CC[C@H](C)[C@H]1NC(=O)[C@H]2N=C(O[C@@H]2C)[C@@H]2CCCN2C(=O)[C@H](Cc2ccccc2)NC(=O)c2csc(n2)[C@@H](C)NC(=O)[C@@H]2CSC1=N2. The van der Waals surface area contributed by atoms with Crippen molar-refractivity contribution in [3.8, 4) is 0 Å². The Labute approximate surface area is 282 Å². The molecule has 0 spiro atoms. The summed E-state index contributed by atoms with van der Waals surface area (Å²) in [6.07, 6.45) is 1.92. The lowest BCUT2D eigenvalue weighted by Crippen LogP contribution is -2.52. The zero-order chi connectivity index (χ0) is 33.2. The molecule has 1 fully saturated rings. The number of ether oxygens (including phenoxy) is 1. The van der Waals surface area contributed by atoms with E-state index in [9.17, 15) is 19.2 Å². The maximum Gasteiger partial charge on any atom is 0.271 e. The molecular formula is C33H41N7O5S2. The van der Waals surface area contributed by atoms with Crippen LogP contribution in [0.3, 0.4) is 0 Å². The molecule has 8 atom stereocenters. The van der Waals surface area contributed by atoms with Crippen LogP contribution in [0.4, 0.5) is 0 Å². The molecule has 3 N–H and O–H groups in total. The van der Waals surface area contributed by atoms with Crippen LogP contribution >= 0.6 is 23.1 Å². The summed E-state index contributed by atoms with van der Waals surface area (Å²) >= 11 is 2.75. The van der Waals surface area contributed by atoms with Gasteiger partial charge in [-0.1, -0.05) is 50.6 Å². The van der Waals surface area contributed by atoms with Gasteiger partial charge in [0.05, 0.1) is 17.1 Å². The second-order valence-electron chi connectivity index (χ2n) is 12.6. The van der Waals surface area contributed by atoms with Gasteiger partial charge >= 0.3 is 0 Å². The summed E-state index contributed by atoms with van der Waals surface area (Å²) in [6.45, 7) is 8.21. The number of hydrogen-bond donors (Lipinski definition) is 3. The van der Waals surface area contributed by atoms with Crippen LogP contribution in [0.1, 0.15) is 74.1 Å². The van der Waals surface area contributed by atoms with Crippen molar-refractivity contribution in [3.63, 3.8) is 0 Å². The minimum Gasteiger partial charge on any atom is -0.474 e. The van der Waals surface area contributed by atoms with E-state index in [1.165, 1.54) is 23.1 Å². The normalized spacial score (nSPS) is 30.6. The molecule has 0 saturated carbocycles. The largest absolute Gasteiger partial charge is 0.474 e. The van der Waals surface area contributed by atoms with Crippen molar-refractivity contribution in [2.45, 2.75) is 95.7 Å². The topological polar surface area (TPSA) is 154 Å². The average Bonchev–Trinajstić information content (AvgIpc) is 3.89. The van der Waals surface area contributed by atoms with Gasteiger partial charge in [0.25, 0.3) is 5.91 Å². The molecule has 0 radical (unpaired) electrons. The Bertz CT molecular complexity index is 1580. The Morgan fingerprint density at radius 1 is 1.04 bits per heavy atom. The fraction of sp³-hybridized carbons (Fsp3) is 0.545. The van der Waals surface area contributed by atoms with Crippen LogP contribution in [0.5, 0.6) is 0 Å². The third-order valence-electron chi connectivity index (χ3n) is 9.23. The summed E-state index contributed by atoms with van der Waals surface area (Å²) in [7, 11) is 0. The summed E-state index contributed by atoms with van der Waals surface area (Å²) in [5.74, 6) is -0.360. The van der Waals surface area contributed by atoms with Crippen molar-refractivity contribution < 1.29 is 23.9 Å². The predicted octanol–water partition coefficient (Wildman–Crippen LogP) is 2.90. The third kappa shape index (κ3) is 7.08. The average molecular weight is 680 g/mol. The molecule has 47 heavy (non-hydrogen) atoms. The Morgan fingerprint density at radius 2 is 1.83 bits per heavy atom. The van der Waals surface area contributed by atoms with Crippen molar-refractivity contribution in [2.75, 3.05) is 12.3 Å². The number of carbonyl (C=O) groups is 4. The van der Waals surface area contributed by atoms with Gasteiger partial charge in [-0.25, -0.2) is 9.98 Å². The molecule has 1 aromatic heterocycles. The number of thioether (sulfide) groups is 1. The van der Waals surface area contributed by atoms with Crippen LogP contribution in [0, 0.1) is 5.92 Å². The van der Waals surface area contributed by atoms with E-state index >= 15 is 0 Å². The van der Waals surface area contributed by atoms with Crippen LogP contribution in [0.15, 0.2) is 45.7 Å². The highest BCUT2D eigenvalue weighted by Gasteiger charge is 2.44. The lowest BCUT2D eigenvalue weighted by atomic mass is 9.99. The Morgan fingerprint density at radius 3 is 2.60 bits per heavy atom. The molecule has 250 valence electrons. The molecule has 12 nitrogen and oxygen atoms in total. The van der Waals surface area contributed by atoms with Crippen LogP contribution in [0.2, 0.25) is 0 Å². The van der Waals surface area contributed by atoms with E-state index in [2.05, 4.69) is 34.8 Å². The molecule has 0 aliphatic carbocycles. The molecule has 6 rings (SSSR count). The highest BCUT2D eigenvalue weighted by molar-refractivity contribution is 8.14. The quantitative estimate of drug-likeness (QED) is 0.449. The van der Waals surface area contributed by atoms with Gasteiger partial charge < -0.3 is 25.6 Å². The van der Waals surface area contributed by atoms with Gasteiger partial charge in [-0.2, -0.15) is 0 Å². The predicted molar refractivity (Wildman–Crippen MR) is 182 cm³/mol. The fourth-order valence-electron chi connectivity index (χ4n) is 6.31. The van der Waals surface area contributed by atoms with E-state index in [1.807, 2.05) is 44.2 Å². The standard InChI is InChI=1S/C33H41N7O5S2/c1-5-17(2)25-32-37-22(16-47-32)27(41)34-18(3)31-36-23(15-46-31)28(42)35-21(14-20-10-7-6-8-11-20)33(44)40-13-9-12-24(40)30-39-26(19(4)45-30)29(43)38-25/h6-8,10-11,15,17-19,21-22,24-26H,5,9,12-14,16H2,1-4H3,(H,34,41)(H,35,42)(H,38,43)/t17-,18+,19+,21-,22-,24-,25+,26-/m0/s1. The lowest BCUT2D eigenvalue weighted by molar-refractivity contribution is -0.133. The Kier molecular flexibility index (Phi) is 9.97. The molecule has 2 aromatic rings. The third-order valence-corrected chi connectivity index (χ3v) is 11.4. The molecule has 0 unspecified atom stereocenters. The van der Waals surface area contributed by atoms with E-state index in [-0.39, 0.29) is 41.8 Å². The smallest absolute Gasteiger partial charge is 0.271 e. The Balaban J connectivity index is 1.35. The van der Waals surface area contributed by atoms with Crippen molar-refractivity contribution in [2.24, 2.45) is 15.9 Å². The summed E-state index contributed by atoms with van der Waals surface area (Å²) in [4.78, 5) is 70.6. The van der Waals surface area contributed by atoms with Gasteiger partial charge in [-0.3, -0.25) is 24.2 Å². The molecular weight excluding hydrogens is 639 g/mol. The van der Waals surface area contributed by atoms with Gasteiger partial charge in [0, 0.05) is 24.1 Å². The number of nitrogens with one attached hydrogen (secondary N) is 3. The first kappa shape index (κ1) is 33.1. The second-order valence-corrected chi connectivity index (χ2v) is 14.5. The monoisotopic (exact) mass is 679 g/mol. The first-order valence-electron chi connectivity index (χ1n) is 16.3. The minimum atomic E-state index is -0.872. The van der Waals surface area contributed by atoms with Crippen LogP contribution in [-0.4, -0.2) is 93.1 Å². The number of aromatic nitrogens is 1. The van der Waals surface area contributed by atoms with Gasteiger partial charge in [-0.15, -0.1) is 23.1 Å². The number of aliphatic imine (C=N–C) groups is 2. The maximum absolute atomic E-state index is 14.2. The number of rotatable bonds is 4. The fourth-order valence-corrected chi connectivity index (χ4v) is 8.35. The number of amides is 4. The van der Waals surface area contributed by atoms with Crippen LogP contribution < -0.4 is 16.0 Å². The summed E-state index contributed by atoms with van der Waals surface area (Å²) in [5.41, 5.74) is 1.08. The molecule has 1 saturated heterocycles. The maximum atomic E-state index is 14.2. The van der Waals surface area contributed by atoms with E-state index < -0.39 is 42.2 Å². The Hall–Kier alpha value is -3.78. The van der Waals surface area contributed by atoms with E-state index in [0.29, 0.717) is 34.7 Å². The second kappa shape index (κ2) is 14.1. The zero-order valence-electron chi connectivity index (χ0n) is 27.0. The van der Waals surface area contributed by atoms with E-state index in [0.717, 1.165) is 18.4 Å². The van der Waals surface area contributed by atoms with Gasteiger partial charge in [0.2, 0.25) is 23.6 Å². The van der Waals surface area contributed by atoms with Crippen LogP contribution in [-0.2, 0) is 25.5 Å². The lowest BCUT2D eigenvalue weighted by Gasteiger charge is -2.29. The number of carbonyl (C=O) groups excluding carboxylic acids is 4. The van der Waals surface area contributed by atoms with Crippen molar-refractivity contribution in [1.29, 1.82) is 0 Å². The molecule has 5 heterocycles. The number of fused-ring (bicyclic) bond motifs is 6. The highest BCUT2D eigenvalue weighted by Crippen LogP contribution is 2.29. The number of hydrogen-bond acceptors (Lipinski definition) is 10. The molecule has 14 heteroatoms. The first-order valence-corrected chi connectivity index (χ1v) is 18.2. The number of benzene rings is 1. The van der Waals surface area contributed by atoms with E-state index in [4.69, 9.17) is 14.7 Å². The van der Waals surface area contributed by atoms with Crippen molar-refractivity contribution in [1.82, 2.24) is 25.8 Å². The highest BCUT2D eigenvalue weighted by atomic mass is 32.2. The summed E-state index contributed by atoms with van der Waals surface area (Å²) < 4.78 is 6.18.